The van der Waals surface area contributed by atoms with Crippen LogP contribution in [0.25, 0.3) is 11.6 Å². The van der Waals surface area contributed by atoms with Crippen LogP contribution in [0, 0.1) is 13.8 Å². The van der Waals surface area contributed by atoms with Gasteiger partial charge in [-0.3, -0.25) is 9.97 Å². The van der Waals surface area contributed by atoms with Crippen LogP contribution in [0.5, 0.6) is 0 Å². The fraction of sp³-hybridized carbons (Fsp3) is 0.333. The number of rotatable bonds is 2. The lowest BCUT2D eigenvalue weighted by atomic mass is 10.0. The van der Waals surface area contributed by atoms with Crippen molar-refractivity contribution < 1.29 is 0 Å². The van der Waals surface area contributed by atoms with Gasteiger partial charge in [-0.25, -0.2) is 0 Å². The summed E-state index contributed by atoms with van der Waals surface area (Å²) in [6.45, 7) is 23.9. The van der Waals surface area contributed by atoms with Gasteiger partial charge < -0.3 is 0 Å². The van der Waals surface area contributed by atoms with Crippen molar-refractivity contribution in [1.29, 1.82) is 0 Å². The minimum absolute atomic E-state index is 0.748. The normalized spacial score (nSPS) is 8.45. The van der Waals surface area contributed by atoms with Crippen LogP contribution in [-0.2, 0) is 0 Å². The summed E-state index contributed by atoms with van der Waals surface area (Å²) in [5.41, 5.74) is 5.62. The van der Waals surface area contributed by atoms with Gasteiger partial charge in [-0.05, 0) is 63.1 Å². The monoisotopic (exact) mass is 468 g/mol. The zero-order valence-electron chi connectivity index (χ0n) is 22.5. The molecule has 0 N–H and O–H groups in total. The van der Waals surface area contributed by atoms with Gasteiger partial charge in [0.15, 0.2) is 0 Å². The standard InChI is InChI=1S/C12H14.C6H6ClN.C6H7N.3C2H6/c1-4-7-11-8-5-6-9-12(11)10(2)3;1-5-4-6(7)2-3-8-5;1-6-4-2-3-5-7-6;3*1-2/h4-9H,2H2,1,3H3;2-4H,1H3;2-5H,1H3;3*1-2H3/b7-4-;;;;;. The highest BCUT2D eigenvalue weighted by molar-refractivity contribution is 6.30. The molecule has 1 aromatic carbocycles. The smallest absolute Gasteiger partial charge is 0.0439 e. The van der Waals surface area contributed by atoms with Gasteiger partial charge in [0, 0.05) is 28.8 Å². The Morgan fingerprint density at radius 3 is 1.70 bits per heavy atom. The largest absolute Gasteiger partial charge is 0.262 e. The van der Waals surface area contributed by atoms with E-state index in [4.69, 9.17) is 11.6 Å². The number of aryl methyl sites for hydroxylation is 2. The maximum Gasteiger partial charge on any atom is 0.0439 e. The minimum Gasteiger partial charge on any atom is -0.262 e. The highest BCUT2D eigenvalue weighted by atomic mass is 35.5. The van der Waals surface area contributed by atoms with Gasteiger partial charge in [-0.2, -0.15) is 0 Å². The maximum absolute atomic E-state index is 5.60. The van der Waals surface area contributed by atoms with Crippen molar-refractivity contribution in [3.05, 3.63) is 107 Å². The number of halogens is 1. The van der Waals surface area contributed by atoms with Gasteiger partial charge in [-0.15, -0.1) is 0 Å². The molecule has 0 atom stereocenters. The maximum atomic E-state index is 5.60. The van der Waals surface area contributed by atoms with E-state index in [0.717, 1.165) is 22.0 Å². The quantitative estimate of drug-likeness (QED) is 0.373. The summed E-state index contributed by atoms with van der Waals surface area (Å²) in [7, 11) is 0. The molecule has 3 rings (SSSR count). The Morgan fingerprint density at radius 1 is 0.788 bits per heavy atom. The first-order chi connectivity index (χ1) is 15.9. The second kappa shape index (κ2) is 25.5. The Bertz CT molecular complexity index is 839. The average molecular weight is 469 g/mol. The third-order valence-corrected chi connectivity index (χ3v) is 3.67. The van der Waals surface area contributed by atoms with E-state index in [1.54, 1.807) is 18.5 Å². The lowest BCUT2D eigenvalue weighted by Crippen LogP contribution is -1.82. The highest BCUT2D eigenvalue weighted by Gasteiger charge is 1.96. The Labute approximate surface area is 209 Å². The van der Waals surface area contributed by atoms with E-state index in [0.29, 0.717) is 0 Å². The third kappa shape index (κ3) is 19.7. The van der Waals surface area contributed by atoms with Crippen LogP contribution in [-0.4, -0.2) is 9.97 Å². The summed E-state index contributed by atoms with van der Waals surface area (Å²) < 4.78 is 0. The SMILES string of the molecule is C=C(C)c1ccccc1/C=C\C.CC.CC.CC.Cc1cc(Cl)ccn1.Cc1ccccn1. The van der Waals surface area contributed by atoms with Crippen LogP contribution in [0.15, 0.2) is 79.6 Å². The van der Waals surface area contributed by atoms with Crippen LogP contribution in [0.2, 0.25) is 5.02 Å². The lowest BCUT2D eigenvalue weighted by Gasteiger charge is -2.03. The molecule has 3 aromatic rings. The molecule has 0 fully saturated rings. The van der Waals surface area contributed by atoms with Crippen molar-refractivity contribution in [2.75, 3.05) is 0 Å². The molecule has 0 spiro atoms. The van der Waals surface area contributed by atoms with Crippen LogP contribution in [0.4, 0.5) is 0 Å². The van der Waals surface area contributed by atoms with Crippen molar-refractivity contribution in [2.24, 2.45) is 0 Å². The molecule has 0 bridgehead atoms. The van der Waals surface area contributed by atoms with Gasteiger partial charge in [0.25, 0.3) is 0 Å². The number of nitrogens with zero attached hydrogens (tertiary/aromatic N) is 2. The van der Waals surface area contributed by atoms with Crippen molar-refractivity contribution in [3.8, 4) is 0 Å². The first-order valence-corrected chi connectivity index (χ1v) is 12.1. The second-order valence-electron chi connectivity index (χ2n) is 5.95. The number of allylic oxidation sites excluding steroid dienone is 2. The van der Waals surface area contributed by atoms with Crippen LogP contribution >= 0.6 is 11.6 Å². The van der Waals surface area contributed by atoms with Gasteiger partial charge >= 0.3 is 0 Å². The molecule has 0 amide bonds. The predicted molar refractivity (Wildman–Crippen MR) is 153 cm³/mol. The molecule has 0 aliphatic carbocycles. The predicted octanol–water partition coefficient (Wildman–Crippen LogP) is 10.3. The van der Waals surface area contributed by atoms with E-state index >= 15 is 0 Å². The lowest BCUT2D eigenvalue weighted by molar-refractivity contribution is 1.20. The number of hydrogen-bond donors (Lipinski definition) is 0. The molecular formula is C30H45ClN2. The Hall–Kier alpha value is -2.71. The molecule has 0 unspecified atom stereocenters. The second-order valence-corrected chi connectivity index (χ2v) is 6.39. The molecule has 3 heteroatoms. The van der Waals surface area contributed by atoms with E-state index in [1.807, 2.05) is 112 Å². The summed E-state index contributed by atoms with van der Waals surface area (Å²) >= 11 is 5.60. The molecule has 0 saturated heterocycles. The van der Waals surface area contributed by atoms with E-state index < -0.39 is 0 Å². The van der Waals surface area contributed by atoms with Gasteiger partial charge in [0.05, 0.1) is 0 Å². The van der Waals surface area contributed by atoms with Gasteiger partial charge in [0.2, 0.25) is 0 Å². The number of pyridine rings is 2. The van der Waals surface area contributed by atoms with Crippen molar-refractivity contribution in [2.45, 2.75) is 69.2 Å². The summed E-state index contributed by atoms with van der Waals surface area (Å²) in [4.78, 5) is 7.93. The van der Waals surface area contributed by atoms with E-state index in [-0.39, 0.29) is 0 Å². The fourth-order valence-electron chi connectivity index (χ4n) is 2.17. The molecule has 0 aliphatic rings. The molecule has 0 saturated carbocycles. The molecule has 0 aliphatic heterocycles. The molecule has 0 radical (unpaired) electrons. The van der Waals surface area contributed by atoms with Crippen LogP contribution in [0.3, 0.4) is 0 Å². The Balaban J connectivity index is -0.000000377. The van der Waals surface area contributed by atoms with E-state index in [1.165, 1.54) is 11.1 Å². The number of hydrogen-bond acceptors (Lipinski definition) is 2. The van der Waals surface area contributed by atoms with Crippen LogP contribution < -0.4 is 0 Å². The summed E-state index contributed by atoms with van der Waals surface area (Å²) in [5.74, 6) is 0. The van der Waals surface area contributed by atoms with Crippen molar-refractivity contribution in [3.63, 3.8) is 0 Å². The zero-order valence-corrected chi connectivity index (χ0v) is 23.2. The Morgan fingerprint density at radius 2 is 1.33 bits per heavy atom. The summed E-state index contributed by atoms with van der Waals surface area (Å²) in [6, 6.07) is 17.7. The summed E-state index contributed by atoms with van der Waals surface area (Å²) in [5, 5.41) is 0.748. The van der Waals surface area contributed by atoms with E-state index in [2.05, 4.69) is 34.8 Å². The van der Waals surface area contributed by atoms with Gasteiger partial charge in [-0.1, -0.05) is 108 Å². The molecule has 182 valence electrons. The minimum atomic E-state index is 0.748. The summed E-state index contributed by atoms with van der Waals surface area (Å²) in [6.07, 6.45) is 7.62. The molecule has 2 aromatic heterocycles. The van der Waals surface area contributed by atoms with Crippen molar-refractivity contribution >= 4 is 23.3 Å². The first-order valence-electron chi connectivity index (χ1n) is 11.8. The van der Waals surface area contributed by atoms with Crippen LogP contribution in [0.1, 0.15) is 77.9 Å². The first kappa shape index (κ1) is 34.9. The van der Waals surface area contributed by atoms with E-state index in [9.17, 15) is 0 Å². The number of aromatic nitrogens is 2. The van der Waals surface area contributed by atoms with Crippen molar-refractivity contribution in [1.82, 2.24) is 9.97 Å². The Kier molecular flexibility index (Phi) is 27.0. The highest BCUT2D eigenvalue weighted by Crippen LogP contribution is 2.17. The topological polar surface area (TPSA) is 25.8 Å². The zero-order chi connectivity index (χ0) is 26.1. The number of benzene rings is 1. The average Bonchev–Trinajstić information content (AvgIpc) is 2.85. The molecule has 33 heavy (non-hydrogen) atoms. The molecular weight excluding hydrogens is 424 g/mol. The third-order valence-electron chi connectivity index (χ3n) is 3.44. The van der Waals surface area contributed by atoms with Gasteiger partial charge in [0.1, 0.15) is 0 Å². The molecule has 2 nitrogen and oxygen atoms in total. The fourth-order valence-corrected chi connectivity index (χ4v) is 2.38. The molecule has 2 heterocycles.